The summed E-state index contributed by atoms with van der Waals surface area (Å²) >= 11 is 6.18. The number of ether oxygens (including phenoxy) is 2. The van der Waals surface area contributed by atoms with Crippen LogP contribution in [0.25, 0.3) is 10.4 Å². The lowest BCUT2D eigenvalue weighted by molar-refractivity contribution is -0.118. The lowest BCUT2D eigenvalue weighted by Crippen LogP contribution is -2.63. The first-order valence-electron chi connectivity index (χ1n) is 18.3. The molecule has 3 aromatic carbocycles. The van der Waals surface area contributed by atoms with Gasteiger partial charge in [0.1, 0.15) is 17.5 Å². The molecule has 0 unspecified atom stereocenters. The number of benzene rings is 3. The standard InChI is InChI=1S/C39H46ClFN6O6S/c1-38(2,3)53-37(49)46-24-29(47(39(25-46)20-21-39)54(50,51)30-8-5-4-6-9-30)16-17-31-32(41)10-7-11-33(31)43-36(48)35(44-45-42)34(27-18-22-52-23-19-27)26-12-14-28(40)15-13-26/h4-15,27,29,34-35H,16-25H2,1-3H3,(H,43,48)/t29-,34-,35-/m0/s1. The second-order valence-corrected chi connectivity index (χ2v) is 17.6. The van der Waals surface area contributed by atoms with Crippen molar-refractivity contribution in [1.29, 1.82) is 0 Å². The Morgan fingerprint density at radius 1 is 1.07 bits per heavy atom. The summed E-state index contributed by atoms with van der Waals surface area (Å²) in [6.07, 6.45) is 2.02. The first-order chi connectivity index (χ1) is 25.7. The first kappa shape index (κ1) is 39.5. The number of sulfonamides is 1. The predicted molar refractivity (Wildman–Crippen MR) is 203 cm³/mol. The fraction of sp³-hybridized carbons (Fsp3) is 0.487. The van der Waals surface area contributed by atoms with Crippen molar-refractivity contribution in [3.63, 3.8) is 0 Å². The van der Waals surface area contributed by atoms with Gasteiger partial charge < -0.3 is 19.7 Å². The van der Waals surface area contributed by atoms with Crippen LogP contribution in [0.4, 0.5) is 14.9 Å². The number of nitrogens with zero attached hydrogens (tertiary/aromatic N) is 5. The van der Waals surface area contributed by atoms with Gasteiger partial charge in [-0.25, -0.2) is 17.6 Å². The molecule has 3 aliphatic rings. The van der Waals surface area contributed by atoms with Crippen LogP contribution in [0.1, 0.15) is 69.9 Å². The van der Waals surface area contributed by atoms with E-state index in [0.29, 0.717) is 43.9 Å². The molecule has 1 saturated carbocycles. The van der Waals surface area contributed by atoms with E-state index in [1.165, 1.54) is 16.4 Å². The summed E-state index contributed by atoms with van der Waals surface area (Å²) < 4.78 is 57.3. The van der Waals surface area contributed by atoms with Crippen molar-refractivity contribution < 1.29 is 31.9 Å². The number of amides is 2. The minimum absolute atomic E-state index is 0.0266. The molecule has 1 spiro atoms. The smallest absolute Gasteiger partial charge is 0.410 e. The van der Waals surface area contributed by atoms with E-state index in [1.807, 2.05) is 12.1 Å². The number of carbonyl (C=O) groups is 2. The number of hydrogen-bond acceptors (Lipinski definition) is 7. The van der Waals surface area contributed by atoms with E-state index in [9.17, 15) is 23.5 Å². The van der Waals surface area contributed by atoms with Gasteiger partial charge in [0.2, 0.25) is 15.9 Å². The lowest BCUT2D eigenvalue weighted by atomic mass is 9.76. The van der Waals surface area contributed by atoms with E-state index >= 15 is 4.39 Å². The van der Waals surface area contributed by atoms with Crippen LogP contribution in [0.2, 0.25) is 5.02 Å². The average molecular weight is 781 g/mol. The normalized spacial score (nSPS) is 20.1. The fourth-order valence-electron chi connectivity index (χ4n) is 7.82. The van der Waals surface area contributed by atoms with E-state index in [-0.39, 0.29) is 48.0 Å². The summed E-state index contributed by atoms with van der Waals surface area (Å²) in [7, 11) is -4.02. The Morgan fingerprint density at radius 3 is 2.39 bits per heavy atom. The summed E-state index contributed by atoms with van der Waals surface area (Å²) in [5.41, 5.74) is 9.17. The van der Waals surface area contributed by atoms with Gasteiger partial charge in [-0.15, -0.1) is 0 Å². The molecule has 2 amide bonds. The Labute approximate surface area is 320 Å². The van der Waals surface area contributed by atoms with Gasteiger partial charge >= 0.3 is 6.09 Å². The Kier molecular flexibility index (Phi) is 11.9. The number of azide groups is 1. The van der Waals surface area contributed by atoms with Gasteiger partial charge in [0.05, 0.1) is 10.4 Å². The summed E-state index contributed by atoms with van der Waals surface area (Å²) in [6.45, 7) is 6.52. The first-order valence-corrected chi connectivity index (χ1v) is 20.1. The number of halogens is 2. The van der Waals surface area contributed by atoms with Crippen LogP contribution in [0.15, 0.2) is 82.8 Å². The van der Waals surface area contributed by atoms with E-state index in [0.717, 1.165) is 5.56 Å². The molecule has 6 rings (SSSR count). The highest BCUT2D eigenvalue weighted by Gasteiger charge is 2.60. The third kappa shape index (κ3) is 8.84. The lowest BCUT2D eigenvalue weighted by Gasteiger charge is -2.46. The maximum Gasteiger partial charge on any atom is 0.410 e. The largest absolute Gasteiger partial charge is 0.444 e. The predicted octanol–water partition coefficient (Wildman–Crippen LogP) is 8.08. The minimum atomic E-state index is -4.02. The van der Waals surface area contributed by atoms with Gasteiger partial charge in [-0.2, -0.15) is 4.31 Å². The molecular weight excluding hydrogens is 735 g/mol. The topological polar surface area (TPSA) is 154 Å². The number of piperazine rings is 1. The zero-order valence-corrected chi connectivity index (χ0v) is 32.2. The molecular formula is C39H46ClFN6O6S. The molecule has 1 N–H and O–H groups in total. The average Bonchev–Trinajstić information content (AvgIpc) is 3.90. The van der Waals surface area contributed by atoms with Crippen molar-refractivity contribution in [3.05, 3.63) is 105 Å². The van der Waals surface area contributed by atoms with Crippen molar-refractivity contribution in [3.8, 4) is 0 Å². The minimum Gasteiger partial charge on any atom is -0.444 e. The zero-order chi connectivity index (χ0) is 38.7. The van der Waals surface area contributed by atoms with Gasteiger partial charge in [0.15, 0.2) is 0 Å². The maximum absolute atomic E-state index is 15.8. The number of rotatable bonds is 11. The molecule has 288 valence electrons. The Bertz CT molecular complexity index is 1980. The highest BCUT2D eigenvalue weighted by Crippen LogP contribution is 2.50. The molecule has 3 atom stereocenters. The Hall–Kier alpha value is -4.20. The van der Waals surface area contributed by atoms with Crippen LogP contribution in [0.5, 0.6) is 0 Å². The van der Waals surface area contributed by atoms with E-state index in [4.69, 9.17) is 21.1 Å². The van der Waals surface area contributed by atoms with Crippen molar-refractivity contribution in [1.82, 2.24) is 9.21 Å². The summed E-state index contributed by atoms with van der Waals surface area (Å²) in [6, 6.07) is 17.6. The van der Waals surface area contributed by atoms with Crippen LogP contribution in [0, 0.1) is 11.7 Å². The van der Waals surface area contributed by atoms with Crippen molar-refractivity contribution in [2.45, 2.75) is 93.3 Å². The quantitative estimate of drug-likeness (QED) is 0.118. The summed E-state index contributed by atoms with van der Waals surface area (Å²) in [5, 5.41) is 7.36. The highest BCUT2D eigenvalue weighted by molar-refractivity contribution is 7.89. The van der Waals surface area contributed by atoms with Crippen LogP contribution in [0.3, 0.4) is 0 Å². The molecule has 3 aromatic rings. The van der Waals surface area contributed by atoms with E-state index < -0.39 is 57.0 Å². The van der Waals surface area contributed by atoms with Gasteiger partial charge in [-0.05, 0) is 113 Å². The Balaban J connectivity index is 1.30. The van der Waals surface area contributed by atoms with Crippen molar-refractivity contribution >= 4 is 39.3 Å². The third-order valence-electron chi connectivity index (χ3n) is 10.4. The van der Waals surface area contributed by atoms with Gasteiger partial charge in [-0.3, -0.25) is 4.79 Å². The van der Waals surface area contributed by atoms with Crippen LogP contribution < -0.4 is 5.32 Å². The van der Waals surface area contributed by atoms with Crippen molar-refractivity contribution in [2.75, 3.05) is 31.6 Å². The van der Waals surface area contributed by atoms with E-state index in [1.54, 1.807) is 74.2 Å². The third-order valence-corrected chi connectivity index (χ3v) is 12.7. The Morgan fingerprint density at radius 2 is 1.76 bits per heavy atom. The molecule has 2 saturated heterocycles. The van der Waals surface area contributed by atoms with E-state index in [2.05, 4.69) is 15.3 Å². The SMILES string of the molecule is CC(C)(C)OC(=O)N1C[C@H](CCc2c(F)cccc2NC(=O)[C@@H](N=[N+]=[N-])[C@@H](c2ccc(Cl)cc2)C2CCOCC2)N(S(=O)(=O)c2ccccc2)C2(CC2)C1. The molecule has 54 heavy (non-hydrogen) atoms. The molecule has 0 bridgehead atoms. The molecule has 1 aliphatic carbocycles. The molecule has 2 heterocycles. The van der Waals surface area contributed by atoms with Crippen LogP contribution in [-0.4, -0.2) is 79.2 Å². The molecule has 2 aliphatic heterocycles. The van der Waals surface area contributed by atoms with Gasteiger partial charge in [0, 0.05) is 59.4 Å². The number of anilines is 1. The van der Waals surface area contributed by atoms with Gasteiger partial charge in [0.25, 0.3) is 0 Å². The number of carbonyl (C=O) groups excluding carboxylic acids is 2. The maximum atomic E-state index is 15.8. The monoisotopic (exact) mass is 780 g/mol. The second kappa shape index (κ2) is 16.3. The molecule has 0 aromatic heterocycles. The number of nitrogens with one attached hydrogen (secondary N) is 1. The molecule has 0 radical (unpaired) electrons. The van der Waals surface area contributed by atoms with Crippen molar-refractivity contribution in [2.24, 2.45) is 11.0 Å². The summed E-state index contributed by atoms with van der Waals surface area (Å²) in [5.74, 6) is -1.75. The van der Waals surface area contributed by atoms with Crippen LogP contribution >= 0.6 is 11.6 Å². The summed E-state index contributed by atoms with van der Waals surface area (Å²) in [4.78, 5) is 32.3. The molecule has 3 fully saturated rings. The van der Waals surface area contributed by atoms with Gasteiger partial charge in [-0.1, -0.05) is 53.1 Å². The number of hydrogen-bond donors (Lipinski definition) is 1. The molecule has 12 nitrogen and oxygen atoms in total. The fourth-order valence-corrected chi connectivity index (χ4v) is 9.99. The zero-order valence-electron chi connectivity index (χ0n) is 30.7. The van der Waals surface area contributed by atoms with Crippen LogP contribution in [-0.2, 0) is 30.7 Å². The molecule has 15 heteroatoms. The highest BCUT2D eigenvalue weighted by atomic mass is 35.5. The second-order valence-electron chi connectivity index (χ2n) is 15.3.